The maximum atomic E-state index is 14.7. The smallest absolute Gasteiger partial charge is 0.275 e. The minimum absolute atomic E-state index is 0.0741. The van der Waals surface area contributed by atoms with E-state index in [1.54, 1.807) is 0 Å². The third-order valence-electron chi connectivity index (χ3n) is 7.06. The number of alkyl halides is 2. The Morgan fingerprint density at radius 2 is 1.52 bits per heavy atom. The largest absolute Gasteiger partial charge is 0.343 e. The van der Waals surface area contributed by atoms with Gasteiger partial charge in [-0.1, -0.05) is 13.8 Å². The number of likely N-dealkylation sites (tertiary alicyclic amines) is 3. The van der Waals surface area contributed by atoms with Crippen LogP contribution in [0.15, 0.2) is 0 Å². The minimum atomic E-state index is -2.59. The topological polar surface area (TPSA) is 26.8 Å². The van der Waals surface area contributed by atoms with Gasteiger partial charge >= 0.3 is 0 Å². The van der Waals surface area contributed by atoms with E-state index in [0.717, 1.165) is 71.4 Å². The number of carbonyl (C=O) groups is 1. The van der Waals surface area contributed by atoms with E-state index in [4.69, 9.17) is 0 Å². The number of piperidine rings is 3. The molecule has 0 unspecified atom stereocenters. The normalized spacial score (nSPS) is 29.2. The van der Waals surface area contributed by atoms with E-state index < -0.39 is 12.0 Å². The number of hydrogen-bond acceptors (Lipinski definition) is 3. The Morgan fingerprint density at radius 1 is 0.926 bits per heavy atom. The van der Waals surface area contributed by atoms with Gasteiger partial charge in [-0.25, -0.2) is 8.78 Å². The van der Waals surface area contributed by atoms with Gasteiger partial charge in [0.15, 0.2) is 0 Å². The van der Waals surface area contributed by atoms with Crippen LogP contribution in [-0.4, -0.2) is 78.4 Å². The zero-order chi connectivity index (χ0) is 19.4. The first-order valence-corrected chi connectivity index (χ1v) is 11.1. The summed E-state index contributed by atoms with van der Waals surface area (Å²) in [4.78, 5) is 17.8. The second-order valence-corrected chi connectivity index (χ2v) is 8.79. The average Bonchev–Trinajstić information content (AvgIpc) is 2.67. The highest BCUT2D eigenvalue weighted by Gasteiger charge is 2.48. The first-order valence-electron chi connectivity index (χ1n) is 11.1. The Labute approximate surface area is 163 Å². The highest BCUT2D eigenvalue weighted by atomic mass is 19.3. The van der Waals surface area contributed by atoms with Crippen molar-refractivity contribution in [3.05, 3.63) is 0 Å². The van der Waals surface area contributed by atoms with Crippen molar-refractivity contribution >= 4 is 5.91 Å². The average molecular weight is 386 g/mol. The summed E-state index contributed by atoms with van der Waals surface area (Å²) in [5.74, 6) is -1.01. The minimum Gasteiger partial charge on any atom is -0.343 e. The predicted octanol–water partition coefficient (Wildman–Crippen LogP) is 3.47. The van der Waals surface area contributed by atoms with Crippen LogP contribution in [0.25, 0.3) is 0 Å². The van der Waals surface area contributed by atoms with E-state index in [0.29, 0.717) is 24.7 Å². The monoisotopic (exact) mass is 385 g/mol. The lowest BCUT2D eigenvalue weighted by molar-refractivity contribution is -0.134. The van der Waals surface area contributed by atoms with Crippen molar-refractivity contribution in [3.63, 3.8) is 0 Å². The molecule has 156 valence electrons. The fourth-order valence-corrected chi connectivity index (χ4v) is 5.50. The quantitative estimate of drug-likeness (QED) is 0.725. The van der Waals surface area contributed by atoms with Crippen molar-refractivity contribution in [1.82, 2.24) is 14.7 Å². The molecule has 4 nitrogen and oxygen atoms in total. The summed E-state index contributed by atoms with van der Waals surface area (Å²) in [5.41, 5.74) is 0. The fourth-order valence-electron chi connectivity index (χ4n) is 5.50. The van der Waals surface area contributed by atoms with Crippen LogP contribution in [-0.2, 0) is 4.79 Å². The van der Waals surface area contributed by atoms with Crippen LogP contribution in [0.2, 0.25) is 0 Å². The Morgan fingerprint density at radius 3 is 2.04 bits per heavy atom. The van der Waals surface area contributed by atoms with Crippen molar-refractivity contribution in [2.45, 2.75) is 70.8 Å². The van der Waals surface area contributed by atoms with E-state index in [2.05, 4.69) is 11.8 Å². The van der Waals surface area contributed by atoms with Crippen LogP contribution >= 0.6 is 0 Å². The maximum Gasteiger partial charge on any atom is 0.275 e. The molecule has 6 heteroatoms. The van der Waals surface area contributed by atoms with Crippen molar-refractivity contribution in [3.8, 4) is 0 Å². The summed E-state index contributed by atoms with van der Waals surface area (Å²) in [6.07, 6.45) is 6.37. The molecule has 3 saturated heterocycles. The van der Waals surface area contributed by atoms with E-state index >= 15 is 0 Å². The van der Waals surface area contributed by atoms with Gasteiger partial charge in [0.2, 0.25) is 5.91 Å². The van der Waals surface area contributed by atoms with Gasteiger partial charge in [0.25, 0.3) is 5.92 Å². The van der Waals surface area contributed by atoms with Crippen LogP contribution in [0.4, 0.5) is 8.78 Å². The van der Waals surface area contributed by atoms with Gasteiger partial charge in [-0.05, 0) is 70.0 Å². The molecule has 1 amide bonds. The van der Waals surface area contributed by atoms with Gasteiger partial charge in [-0.3, -0.25) is 14.6 Å². The Hall–Kier alpha value is -0.750. The van der Waals surface area contributed by atoms with Gasteiger partial charge in [0, 0.05) is 26.1 Å². The molecule has 3 heterocycles. The lowest BCUT2D eigenvalue weighted by Gasteiger charge is -2.47. The highest BCUT2D eigenvalue weighted by molar-refractivity contribution is 5.75. The zero-order valence-electron chi connectivity index (χ0n) is 17.1. The number of rotatable bonds is 5. The number of hydrogen-bond donors (Lipinski definition) is 0. The molecule has 0 radical (unpaired) electrons. The summed E-state index contributed by atoms with van der Waals surface area (Å²) in [7, 11) is 0. The van der Waals surface area contributed by atoms with Gasteiger partial charge in [-0.15, -0.1) is 0 Å². The molecule has 0 bridgehead atoms. The number of amides is 1. The van der Waals surface area contributed by atoms with Gasteiger partial charge in [-0.2, -0.15) is 0 Å². The van der Waals surface area contributed by atoms with Crippen molar-refractivity contribution in [2.75, 3.05) is 45.8 Å². The summed E-state index contributed by atoms with van der Waals surface area (Å²) >= 11 is 0. The summed E-state index contributed by atoms with van der Waals surface area (Å²) in [6.45, 7) is 8.87. The highest BCUT2D eigenvalue weighted by Crippen LogP contribution is 2.37. The summed E-state index contributed by atoms with van der Waals surface area (Å²) in [6, 6.07) is -0.574. The molecule has 3 aliphatic rings. The molecular weight excluding hydrogens is 348 g/mol. The van der Waals surface area contributed by atoms with Crippen LogP contribution in [0.1, 0.15) is 58.8 Å². The van der Waals surface area contributed by atoms with Crippen molar-refractivity contribution < 1.29 is 13.6 Å². The van der Waals surface area contributed by atoms with Crippen molar-refractivity contribution in [1.29, 1.82) is 0 Å². The molecule has 0 saturated carbocycles. The number of nitrogens with zero attached hydrogens (tertiary/aromatic N) is 3. The third kappa shape index (κ3) is 5.00. The molecule has 3 aliphatic heterocycles. The molecular formula is C21H37F2N3O. The fraction of sp³-hybridized carbons (Fsp3) is 0.952. The molecule has 0 spiro atoms. The summed E-state index contributed by atoms with van der Waals surface area (Å²) in [5, 5.41) is 0. The Kier molecular flexibility index (Phi) is 7.12. The third-order valence-corrected chi connectivity index (χ3v) is 7.06. The van der Waals surface area contributed by atoms with Gasteiger partial charge < -0.3 is 4.90 Å². The molecule has 27 heavy (non-hydrogen) atoms. The lowest BCUT2D eigenvalue weighted by Crippen LogP contribution is -2.59. The molecule has 1 atom stereocenters. The van der Waals surface area contributed by atoms with Crippen LogP contribution in [0.5, 0.6) is 0 Å². The number of halogens is 2. The molecule has 0 aromatic carbocycles. The van der Waals surface area contributed by atoms with Crippen LogP contribution in [0, 0.1) is 11.8 Å². The summed E-state index contributed by atoms with van der Waals surface area (Å²) < 4.78 is 29.4. The first kappa shape index (κ1) is 21.0. The van der Waals surface area contributed by atoms with E-state index in [-0.39, 0.29) is 12.5 Å². The molecule has 0 N–H and O–H groups in total. The Balaban J connectivity index is 1.46. The van der Waals surface area contributed by atoms with Gasteiger partial charge in [0.05, 0.1) is 12.6 Å². The molecule has 0 aromatic rings. The number of carbonyl (C=O) groups excluding carboxylic acids is 1. The first-order chi connectivity index (χ1) is 12.9. The second kappa shape index (κ2) is 9.17. The molecule has 0 aromatic heterocycles. The van der Waals surface area contributed by atoms with E-state index in [1.807, 2.05) is 16.7 Å². The molecule has 3 rings (SSSR count). The standard InChI is InChI=1S/C21H37F2N3O/c1-3-10-24-11-9-19(21(22,23)16-24)25-12-5-17(6-13-25)18-7-14-26(15-8-18)20(27)4-2/h17-19H,3-16H2,1-2H3/t19-/m0/s1. The second-order valence-electron chi connectivity index (χ2n) is 8.79. The zero-order valence-corrected chi connectivity index (χ0v) is 17.1. The lowest BCUT2D eigenvalue weighted by atomic mass is 9.78. The van der Waals surface area contributed by atoms with E-state index in [1.165, 1.54) is 0 Å². The Bertz CT molecular complexity index is 486. The van der Waals surface area contributed by atoms with Gasteiger partial charge in [0.1, 0.15) is 0 Å². The predicted molar refractivity (Wildman–Crippen MR) is 104 cm³/mol. The molecule has 3 fully saturated rings. The van der Waals surface area contributed by atoms with E-state index in [9.17, 15) is 13.6 Å². The van der Waals surface area contributed by atoms with Crippen LogP contribution in [0.3, 0.4) is 0 Å². The SMILES string of the molecule is CCCN1CC[C@H](N2CCC(C3CCN(C(=O)CC)CC3)CC2)C(F)(F)C1. The van der Waals surface area contributed by atoms with Crippen LogP contribution < -0.4 is 0 Å². The molecule has 0 aliphatic carbocycles. The maximum absolute atomic E-state index is 14.7. The van der Waals surface area contributed by atoms with Crippen molar-refractivity contribution in [2.24, 2.45) is 11.8 Å².